The van der Waals surface area contributed by atoms with Gasteiger partial charge in [-0.05, 0) is 37.0 Å². The monoisotopic (exact) mass is 289 g/mol. The molecule has 1 aromatic rings. The van der Waals surface area contributed by atoms with Gasteiger partial charge in [0.2, 0.25) is 11.8 Å². The van der Waals surface area contributed by atoms with Crippen molar-refractivity contribution in [2.24, 2.45) is 0 Å². The lowest BCUT2D eigenvalue weighted by atomic mass is 10.1. The molecule has 0 saturated carbocycles. The zero-order valence-electron chi connectivity index (χ0n) is 12.5. The van der Waals surface area contributed by atoms with E-state index in [9.17, 15) is 9.59 Å². The maximum Gasteiger partial charge on any atom is 0.242 e. The molecule has 0 atom stereocenters. The van der Waals surface area contributed by atoms with Crippen LogP contribution in [-0.4, -0.2) is 48.3 Å². The molecule has 1 aliphatic heterocycles. The van der Waals surface area contributed by atoms with Crippen LogP contribution in [-0.2, 0) is 16.0 Å². The Balaban J connectivity index is 1.76. The van der Waals surface area contributed by atoms with E-state index in [4.69, 9.17) is 5.73 Å². The molecule has 0 aliphatic carbocycles. The van der Waals surface area contributed by atoms with E-state index in [2.05, 4.69) is 0 Å². The molecule has 0 bridgehead atoms. The minimum atomic E-state index is -0.000582. The Kier molecular flexibility index (Phi) is 5.20. The zero-order valence-corrected chi connectivity index (χ0v) is 12.5. The number of likely N-dealkylation sites (N-methyl/N-ethyl adjacent to an activating group) is 1. The van der Waals surface area contributed by atoms with Gasteiger partial charge in [-0.25, -0.2) is 0 Å². The zero-order chi connectivity index (χ0) is 15.2. The van der Waals surface area contributed by atoms with Crippen molar-refractivity contribution in [3.05, 3.63) is 29.8 Å². The molecule has 2 amide bonds. The molecule has 21 heavy (non-hydrogen) atoms. The normalized spacial score (nSPS) is 14.2. The van der Waals surface area contributed by atoms with Crippen molar-refractivity contribution in [3.63, 3.8) is 0 Å². The third-order valence-corrected chi connectivity index (χ3v) is 3.86. The number of nitrogens with two attached hydrogens (primary N) is 1. The lowest BCUT2D eigenvalue weighted by molar-refractivity contribution is -0.138. The molecule has 0 spiro atoms. The highest BCUT2D eigenvalue weighted by atomic mass is 16.2. The molecule has 1 heterocycles. The van der Waals surface area contributed by atoms with Crippen molar-refractivity contribution >= 4 is 17.5 Å². The van der Waals surface area contributed by atoms with Crippen LogP contribution in [0.2, 0.25) is 0 Å². The smallest absolute Gasteiger partial charge is 0.242 e. The molecule has 5 nitrogen and oxygen atoms in total. The maximum absolute atomic E-state index is 12.1. The van der Waals surface area contributed by atoms with Crippen LogP contribution in [0.4, 0.5) is 5.69 Å². The first-order valence-corrected chi connectivity index (χ1v) is 7.42. The number of hydrogen-bond acceptors (Lipinski definition) is 3. The minimum absolute atomic E-state index is 0.000582. The number of carbonyl (C=O) groups is 2. The van der Waals surface area contributed by atoms with E-state index in [1.54, 1.807) is 7.05 Å². The van der Waals surface area contributed by atoms with Gasteiger partial charge in [0.1, 0.15) is 0 Å². The third kappa shape index (κ3) is 4.48. The van der Waals surface area contributed by atoms with E-state index in [0.717, 1.165) is 37.2 Å². The summed E-state index contributed by atoms with van der Waals surface area (Å²) in [7, 11) is 1.69. The van der Waals surface area contributed by atoms with E-state index in [1.807, 2.05) is 29.2 Å². The third-order valence-electron chi connectivity index (χ3n) is 3.86. The van der Waals surface area contributed by atoms with Gasteiger partial charge in [0.25, 0.3) is 0 Å². The second-order valence-corrected chi connectivity index (χ2v) is 5.58. The number of anilines is 1. The SMILES string of the molecule is CN(CC(=O)N1CCCC1)C(=O)CCc1ccc(N)cc1. The predicted octanol–water partition coefficient (Wildman–Crippen LogP) is 1.28. The van der Waals surface area contributed by atoms with Crippen molar-refractivity contribution in [2.45, 2.75) is 25.7 Å². The summed E-state index contributed by atoms with van der Waals surface area (Å²) in [5.74, 6) is 0.0511. The minimum Gasteiger partial charge on any atom is -0.399 e. The number of hydrogen-bond donors (Lipinski definition) is 1. The summed E-state index contributed by atoms with van der Waals surface area (Å²) in [5.41, 5.74) is 7.43. The van der Waals surface area contributed by atoms with Gasteiger partial charge in [-0.2, -0.15) is 0 Å². The second-order valence-electron chi connectivity index (χ2n) is 5.58. The van der Waals surface area contributed by atoms with Gasteiger partial charge in [-0.3, -0.25) is 9.59 Å². The van der Waals surface area contributed by atoms with Crippen molar-refractivity contribution < 1.29 is 9.59 Å². The molecule has 2 rings (SSSR count). The van der Waals surface area contributed by atoms with Gasteiger partial charge in [0, 0.05) is 32.2 Å². The van der Waals surface area contributed by atoms with Crippen LogP contribution in [0.3, 0.4) is 0 Å². The van der Waals surface area contributed by atoms with Crippen LogP contribution >= 0.6 is 0 Å². The van der Waals surface area contributed by atoms with E-state index in [0.29, 0.717) is 12.8 Å². The first-order valence-electron chi connectivity index (χ1n) is 7.42. The summed E-state index contributed by atoms with van der Waals surface area (Å²) < 4.78 is 0. The van der Waals surface area contributed by atoms with Crippen molar-refractivity contribution in [2.75, 3.05) is 32.4 Å². The fourth-order valence-corrected chi connectivity index (χ4v) is 2.48. The first-order chi connectivity index (χ1) is 10.1. The van der Waals surface area contributed by atoms with Crippen LogP contribution < -0.4 is 5.73 Å². The summed E-state index contributed by atoms with van der Waals surface area (Å²) in [5, 5.41) is 0. The van der Waals surface area contributed by atoms with Gasteiger partial charge in [-0.1, -0.05) is 12.1 Å². The molecule has 5 heteroatoms. The average Bonchev–Trinajstić information content (AvgIpc) is 3.00. The molecular weight excluding hydrogens is 266 g/mol. The molecule has 0 unspecified atom stereocenters. The highest BCUT2D eigenvalue weighted by molar-refractivity contribution is 5.84. The van der Waals surface area contributed by atoms with E-state index < -0.39 is 0 Å². The maximum atomic E-state index is 12.1. The number of rotatable bonds is 5. The van der Waals surface area contributed by atoms with Gasteiger partial charge in [0.05, 0.1) is 6.54 Å². The summed E-state index contributed by atoms with van der Waals surface area (Å²) in [6.07, 6.45) is 3.22. The number of nitrogen functional groups attached to an aromatic ring is 1. The van der Waals surface area contributed by atoms with Crippen molar-refractivity contribution in [1.29, 1.82) is 0 Å². The fourth-order valence-electron chi connectivity index (χ4n) is 2.48. The fraction of sp³-hybridized carbons (Fsp3) is 0.500. The highest BCUT2D eigenvalue weighted by Gasteiger charge is 2.20. The van der Waals surface area contributed by atoms with E-state index >= 15 is 0 Å². The number of benzene rings is 1. The number of likely N-dealkylation sites (tertiary alicyclic amines) is 1. The highest BCUT2D eigenvalue weighted by Crippen LogP contribution is 2.10. The molecule has 1 saturated heterocycles. The quantitative estimate of drug-likeness (QED) is 0.830. The Morgan fingerprint density at radius 2 is 1.81 bits per heavy atom. The molecule has 2 N–H and O–H groups in total. The largest absolute Gasteiger partial charge is 0.399 e. The first kappa shape index (κ1) is 15.4. The van der Waals surface area contributed by atoms with Crippen molar-refractivity contribution in [3.8, 4) is 0 Å². The van der Waals surface area contributed by atoms with Crippen LogP contribution in [0.1, 0.15) is 24.8 Å². The van der Waals surface area contributed by atoms with Gasteiger partial charge in [-0.15, -0.1) is 0 Å². The molecule has 0 radical (unpaired) electrons. The lowest BCUT2D eigenvalue weighted by Crippen LogP contribution is -2.39. The number of aryl methyl sites for hydroxylation is 1. The van der Waals surface area contributed by atoms with Gasteiger partial charge >= 0.3 is 0 Å². The van der Waals surface area contributed by atoms with Crippen LogP contribution in [0.5, 0.6) is 0 Å². The molecule has 1 aliphatic rings. The van der Waals surface area contributed by atoms with Gasteiger partial charge < -0.3 is 15.5 Å². The summed E-state index contributed by atoms with van der Waals surface area (Å²) >= 11 is 0. The van der Waals surface area contributed by atoms with E-state index in [-0.39, 0.29) is 18.4 Å². The van der Waals surface area contributed by atoms with Gasteiger partial charge in [0.15, 0.2) is 0 Å². The Hall–Kier alpha value is -2.04. The number of carbonyl (C=O) groups excluding carboxylic acids is 2. The van der Waals surface area contributed by atoms with E-state index in [1.165, 1.54) is 4.90 Å². The molecule has 0 aromatic heterocycles. The standard InChI is InChI=1S/C16H23N3O2/c1-18(12-16(21)19-10-2-3-11-19)15(20)9-6-13-4-7-14(17)8-5-13/h4-5,7-8H,2-3,6,9-12,17H2,1H3. The Bertz CT molecular complexity index is 493. The second kappa shape index (κ2) is 7.11. The summed E-state index contributed by atoms with van der Waals surface area (Å²) in [6.45, 7) is 1.83. The molecule has 1 fully saturated rings. The molecular formula is C16H23N3O2. The number of nitrogens with zero attached hydrogens (tertiary/aromatic N) is 2. The number of amides is 2. The summed E-state index contributed by atoms with van der Waals surface area (Å²) in [6, 6.07) is 7.52. The Morgan fingerprint density at radius 1 is 1.19 bits per heavy atom. The molecule has 114 valence electrons. The van der Waals surface area contributed by atoms with Crippen LogP contribution in [0, 0.1) is 0 Å². The topological polar surface area (TPSA) is 66.6 Å². The average molecular weight is 289 g/mol. The van der Waals surface area contributed by atoms with Crippen molar-refractivity contribution in [1.82, 2.24) is 9.80 Å². The Labute approximate surface area is 125 Å². The van der Waals surface area contributed by atoms with Crippen LogP contribution in [0.15, 0.2) is 24.3 Å². The lowest BCUT2D eigenvalue weighted by Gasteiger charge is -2.21. The predicted molar refractivity (Wildman–Crippen MR) is 82.6 cm³/mol. The Morgan fingerprint density at radius 3 is 2.43 bits per heavy atom. The van der Waals surface area contributed by atoms with Crippen LogP contribution in [0.25, 0.3) is 0 Å². The summed E-state index contributed by atoms with van der Waals surface area (Å²) in [4.78, 5) is 27.4. The molecule has 1 aromatic carbocycles.